The molecule has 12 nitrogen and oxygen atoms in total. The van der Waals surface area contributed by atoms with Crippen LogP contribution in [0.4, 0.5) is 0 Å². The third-order valence-corrected chi connectivity index (χ3v) is 9.94. The summed E-state index contributed by atoms with van der Waals surface area (Å²) in [4.78, 5) is 75.1. The van der Waals surface area contributed by atoms with Gasteiger partial charge in [0.15, 0.2) is 10.4 Å². The van der Waals surface area contributed by atoms with Crippen molar-refractivity contribution in [2.24, 2.45) is 11.3 Å². The molecular formula is C34H48BrN5O7. The maximum atomic E-state index is 14.5. The van der Waals surface area contributed by atoms with Crippen LogP contribution in [-0.2, 0) is 28.8 Å². The van der Waals surface area contributed by atoms with Crippen molar-refractivity contribution in [1.82, 2.24) is 26.3 Å². The molecule has 4 atom stereocenters. The van der Waals surface area contributed by atoms with Crippen molar-refractivity contribution in [2.75, 3.05) is 6.54 Å². The van der Waals surface area contributed by atoms with E-state index in [1.54, 1.807) is 18.2 Å². The lowest BCUT2D eigenvalue weighted by atomic mass is 9.84. The van der Waals surface area contributed by atoms with Crippen LogP contribution in [0.1, 0.15) is 104 Å². The predicted octanol–water partition coefficient (Wildman–Crippen LogP) is 3.89. The second kappa shape index (κ2) is 14.5. The van der Waals surface area contributed by atoms with Crippen molar-refractivity contribution in [2.45, 2.75) is 128 Å². The molecular weight excluding hydrogens is 670 g/mol. The van der Waals surface area contributed by atoms with Crippen LogP contribution in [0.5, 0.6) is 0 Å². The second-order valence-electron chi connectivity index (χ2n) is 14.7. The van der Waals surface area contributed by atoms with Gasteiger partial charge in [0.25, 0.3) is 5.91 Å². The Bertz CT molecular complexity index is 1390. The average molecular weight is 719 g/mol. The molecule has 5 rings (SSSR count). The van der Waals surface area contributed by atoms with Gasteiger partial charge in [-0.2, -0.15) is 0 Å². The number of hydrogen-bond donors (Lipinski definition) is 4. The first-order valence-corrected chi connectivity index (χ1v) is 17.8. The number of ketones is 1. The molecule has 2 aliphatic carbocycles. The number of carbonyl (C=O) groups is 5. The zero-order chi connectivity index (χ0) is 33.9. The highest BCUT2D eigenvalue weighted by molar-refractivity contribution is 9.10. The summed E-state index contributed by atoms with van der Waals surface area (Å²) in [6.45, 7) is 7.53. The van der Waals surface area contributed by atoms with Gasteiger partial charge in [-0.05, 0) is 77.6 Å². The summed E-state index contributed by atoms with van der Waals surface area (Å²) in [6.07, 6.45) is 10.1. The maximum Gasteiger partial charge on any atom is 0.289 e. The SMILES string of the molecule is CCC[C@H](NC(=O)[C@@H]1C[C@]2(C=C(c3ccc(Br)o3)NO2)CN1C(=O)[C@@H](NC(=O)CC1CCCCC1)C(C)(C)C)C(=O)C(=O)NC1CC1. The number of halogens is 1. The predicted molar refractivity (Wildman–Crippen MR) is 177 cm³/mol. The molecule has 0 radical (unpaired) electrons. The first-order chi connectivity index (χ1) is 22.3. The van der Waals surface area contributed by atoms with Crippen LogP contribution in [0.25, 0.3) is 5.70 Å². The lowest BCUT2D eigenvalue weighted by molar-refractivity contribution is -0.145. The summed E-state index contributed by atoms with van der Waals surface area (Å²) in [6, 6.07) is 0.512. The molecule has 2 aliphatic heterocycles. The smallest absolute Gasteiger partial charge is 0.289 e. The zero-order valence-electron chi connectivity index (χ0n) is 27.8. The van der Waals surface area contributed by atoms with Crippen LogP contribution >= 0.6 is 15.9 Å². The van der Waals surface area contributed by atoms with E-state index in [4.69, 9.17) is 9.25 Å². The van der Waals surface area contributed by atoms with Gasteiger partial charge >= 0.3 is 0 Å². The number of nitrogens with zero attached hydrogens (tertiary/aromatic N) is 1. The maximum absolute atomic E-state index is 14.5. The number of nitrogens with one attached hydrogen (secondary N) is 4. The van der Waals surface area contributed by atoms with E-state index >= 15 is 0 Å². The number of rotatable bonds is 12. The van der Waals surface area contributed by atoms with Crippen LogP contribution in [-0.4, -0.2) is 70.6 Å². The minimum atomic E-state index is -1.09. The normalized spacial score (nSPS) is 24.3. The summed E-state index contributed by atoms with van der Waals surface area (Å²) in [5, 5.41) is 8.52. The van der Waals surface area contributed by atoms with Gasteiger partial charge in [-0.15, -0.1) is 0 Å². The van der Waals surface area contributed by atoms with Crippen molar-refractivity contribution >= 4 is 51.0 Å². The molecule has 0 bridgehead atoms. The molecule has 2 saturated carbocycles. The van der Waals surface area contributed by atoms with Gasteiger partial charge in [-0.3, -0.25) is 34.3 Å². The van der Waals surface area contributed by atoms with Crippen LogP contribution in [0, 0.1) is 11.3 Å². The van der Waals surface area contributed by atoms with Gasteiger partial charge in [0.2, 0.25) is 23.5 Å². The van der Waals surface area contributed by atoms with Crippen molar-refractivity contribution in [1.29, 1.82) is 0 Å². The van der Waals surface area contributed by atoms with Gasteiger partial charge in [0, 0.05) is 18.9 Å². The summed E-state index contributed by atoms with van der Waals surface area (Å²) >= 11 is 3.31. The molecule has 4 aliphatic rings. The highest BCUT2D eigenvalue weighted by Crippen LogP contribution is 2.39. The lowest BCUT2D eigenvalue weighted by Gasteiger charge is -2.36. The van der Waals surface area contributed by atoms with Crippen LogP contribution in [0.3, 0.4) is 0 Å². The minimum absolute atomic E-state index is 0.00216. The Kier molecular flexibility index (Phi) is 10.8. The van der Waals surface area contributed by atoms with E-state index in [0.29, 0.717) is 34.9 Å². The van der Waals surface area contributed by atoms with Gasteiger partial charge in [0.05, 0.1) is 12.6 Å². The van der Waals surface area contributed by atoms with E-state index in [1.807, 2.05) is 27.7 Å². The topological polar surface area (TPSA) is 159 Å². The molecule has 47 heavy (non-hydrogen) atoms. The molecule has 3 fully saturated rings. The number of carbonyl (C=O) groups excluding carboxylic acids is 5. The number of hydroxylamine groups is 1. The van der Waals surface area contributed by atoms with E-state index in [1.165, 1.54) is 11.3 Å². The number of Topliss-reactive ketones (excluding diaryl/α,β-unsaturated/α-hetero) is 1. The van der Waals surface area contributed by atoms with Crippen molar-refractivity contribution < 1.29 is 33.2 Å². The minimum Gasteiger partial charge on any atom is -0.448 e. The second-order valence-corrected chi connectivity index (χ2v) is 15.4. The molecule has 4 amide bonds. The van der Waals surface area contributed by atoms with Gasteiger partial charge in [-0.1, -0.05) is 53.4 Å². The molecule has 13 heteroatoms. The molecule has 1 saturated heterocycles. The first-order valence-electron chi connectivity index (χ1n) is 17.0. The molecule has 1 spiro atoms. The fourth-order valence-corrected chi connectivity index (χ4v) is 7.07. The van der Waals surface area contributed by atoms with Gasteiger partial charge in [-0.25, -0.2) is 0 Å². The molecule has 258 valence electrons. The van der Waals surface area contributed by atoms with Crippen LogP contribution in [0.2, 0.25) is 0 Å². The number of furan rings is 1. The Morgan fingerprint density at radius 1 is 1.06 bits per heavy atom. The number of hydrogen-bond acceptors (Lipinski definition) is 8. The van der Waals surface area contributed by atoms with Crippen molar-refractivity contribution in [3.63, 3.8) is 0 Å². The Balaban J connectivity index is 1.39. The lowest BCUT2D eigenvalue weighted by Crippen LogP contribution is -2.59. The fourth-order valence-electron chi connectivity index (χ4n) is 6.76. The summed E-state index contributed by atoms with van der Waals surface area (Å²) in [7, 11) is 0. The van der Waals surface area contributed by atoms with Crippen LogP contribution in [0.15, 0.2) is 27.3 Å². The molecule has 1 aromatic rings. The molecule has 4 N–H and O–H groups in total. The van der Waals surface area contributed by atoms with Crippen molar-refractivity contribution in [3.8, 4) is 0 Å². The Hall–Kier alpha value is -3.19. The molecule has 0 aromatic carbocycles. The quantitative estimate of drug-likeness (QED) is 0.237. The van der Waals surface area contributed by atoms with Crippen LogP contribution < -0.4 is 21.4 Å². The van der Waals surface area contributed by atoms with Gasteiger partial charge in [0.1, 0.15) is 23.4 Å². The number of amides is 4. The highest BCUT2D eigenvalue weighted by atomic mass is 79.9. The Morgan fingerprint density at radius 2 is 1.79 bits per heavy atom. The van der Waals surface area contributed by atoms with E-state index in [0.717, 1.165) is 38.5 Å². The summed E-state index contributed by atoms with van der Waals surface area (Å²) < 4.78 is 6.22. The third-order valence-electron chi connectivity index (χ3n) is 9.51. The van der Waals surface area contributed by atoms with E-state index in [2.05, 4.69) is 37.4 Å². The Morgan fingerprint density at radius 3 is 2.40 bits per heavy atom. The fraction of sp³-hybridized carbons (Fsp3) is 0.676. The first kappa shape index (κ1) is 35.1. The van der Waals surface area contributed by atoms with E-state index in [-0.39, 0.29) is 31.3 Å². The highest BCUT2D eigenvalue weighted by Gasteiger charge is 2.54. The largest absolute Gasteiger partial charge is 0.448 e. The van der Waals surface area contributed by atoms with Gasteiger partial charge < -0.3 is 25.3 Å². The third kappa shape index (κ3) is 8.65. The molecule has 1 aromatic heterocycles. The van der Waals surface area contributed by atoms with E-state index < -0.39 is 52.6 Å². The summed E-state index contributed by atoms with van der Waals surface area (Å²) in [5.41, 5.74) is 1.68. The molecule has 3 heterocycles. The molecule has 0 unspecified atom stereocenters. The Labute approximate surface area is 284 Å². The summed E-state index contributed by atoms with van der Waals surface area (Å²) in [5.74, 6) is -1.77. The van der Waals surface area contributed by atoms with Crippen molar-refractivity contribution in [3.05, 3.63) is 28.6 Å². The number of likely N-dealkylation sites (tertiary alicyclic amines) is 1. The average Bonchev–Trinajstić information content (AvgIpc) is 3.40. The monoisotopic (exact) mass is 717 g/mol. The van der Waals surface area contributed by atoms with E-state index in [9.17, 15) is 24.0 Å². The zero-order valence-corrected chi connectivity index (χ0v) is 29.4. The standard InChI is InChI=1S/C34H48BrN5O7/c1-5-9-22(28(42)31(44)36-21-12-13-21)37-30(43)24-18-34(17-23(39-47-34)25-14-15-26(35)46-25)19-40(24)32(45)29(33(2,3)4)38-27(41)16-20-10-7-6-8-11-20/h14-15,17,20-22,24,29,39H,5-13,16,18-19H2,1-4H3,(H,36,44)(H,37,43)(H,38,41)/t22-,24-,29+,34+/m0/s1.